The summed E-state index contributed by atoms with van der Waals surface area (Å²) in [6.07, 6.45) is 11.1. The minimum atomic E-state index is 0.385. The van der Waals surface area contributed by atoms with Gasteiger partial charge in [0.05, 0.1) is 6.61 Å². The Kier molecular flexibility index (Phi) is 3.93. The molecule has 1 aliphatic carbocycles. The molecule has 0 bridgehead atoms. The van der Waals surface area contributed by atoms with Crippen LogP contribution in [0, 0.1) is 0 Å². The summed E-state index contributed by atoms with van der Waals surface area (Å²) in [6, 6.07) is 0. The van der Waals surface area contributed by atoms with Gasteiger partial charge in [0.2, 0.25) is 5.89 Å². The van der Waals surface area contributed by atoms with Crippen LogP contribution in [0.3, 0.4) is 0 Å². The number of imidazole rings is 1. The van der Waals surface area contributed by atoms with Gasteiger partial charge in [0.25, 0.3) is 0 Å². The van der Waals surface area contributed by atoms with E-state index in [2.05, 4.69) is 19.7 Å². The zero-order valence-corrected chi connectivity index (χ0v) is 12.8. The first-order chi connectivity index (χ1) is 10.9. The molecular weight excluding hydrogens is 280 g/mol. The summed E-state index contributed by atoms with van der Waals surface area (Å²) in [5, 5.41) is 4.20. The molecule has 2 aromatic rings. The molecule has 2 fully saturated rings. The van der Waals surface area contributed by atoms with Crippen molar-refractivity contribution in [2.75, 3.05) is 13.2 Å². The van der Waals surface area contributed by atoms with Gasteiger partial charge in [-0.2, -0.15) is 4.98 Å². The number of aromatic nitrogens is 4. The molecular formula is C16H22N4O2. The molecule has 4 rings (SSSR count). The molecule has 3 heterocycles. The van der Waals surface area contributed by atoms with E-state index >= 15 is 0 Å². The summed E-state index contributed by atoms with van der Waals surface area (Å²) < 4.78 is 13.0. The molecule has 0 amide bonds. The SMILES string of the molecule is c1cn(Cc2nc(C3CCCCC3)no2)c([C@@H]2CCOC2)n1. The van der Waals surface area contributed by atoms with Gasteiger partial charge >= 0.3 is 0 Å². The first kappa shape index (κ1) is 13.9. The van der Waals surface area contributed by atoms with E-state index in [-0.39, 0.29) is 0 Å². The zero-order chi connectivity index (χ0) is 14.8. The Morgan fingerprint density at radius 2 is 2.05 bits per heavy atom. The van der Waals surface area contributed by atoms with Crippen molar-refractivity contribution < 1.29 is 9.26 Å². The van der Waals surface area contributed by atoms with E-state index < -0.39 is 0 Å². The highest BCUT2D eigenvalue weighted by atomic mass is 16.5. The maximum atomic E-state index is 5.47. The first-order valence-electron chi connectivity index (χ1n) is 8.31. The molecule has 2 aliphatic rings. The van der Waals surface area contributed by atoms with E-state index in [1.165, 1.54) is 32.1 Å². The Balaban J connectivity index is 1.47. The molecule has 6 nitrogen and oxygen atoms in total. The van der Waals surface area contributed by atoms with Crippen molar-refractivity contribution in [3.05, 3.63) is 29.9 Å². The van der Waals surface area contributed by atoms with Crippen molar-refractivity contribution in [1.29, 1.82) is 0 Å². The van der Waals surface area contributed by atoms with Gasteiger partial charge in [-0.05, 0) is 19.3 Å². The average Bonchev–Trinajstić information content (AvgIpc) is 3.30. The standard InChI is InChI=1S/C16H22N4O2/c1-2-4-12(5-3-1)15-18-14(22-19-15)10-20-8-7-17-16(20)13-6-9-21-11-13/h7-8,12-13H,1-6,9-11H2/t13-/m1/s1. The monoisotopic (exact) mass is 302 g/mol. The van der Waals surface area contributed by atoms with Crippen LogP contribution in [-0.2, 0) is 11.3 Å². The zero-order valence-electron chi connectivity index (χ0n) is 12.8. The number of ether oxygens (including phenoxy) is 1. The van der Waals surface area contributed by atoms with Crippen molar-refractivity contribution in [3.8, 4) is 0 Å². The van der Waals surface area contributed by atoms with Crippen LogP contribution in [-0.4, -0.2) is 32.9 Å². The van der Waals surface area contributed by atoms with E-state index in [1.807, 2.05) is 12.4 Å². The normalized spacial score (nSPS) is 23.2. The lowest BCUT2D eigenvalue weighted by atomic mass is 9.89. The molecule has 0 N–H and O–H groups in total. The predicted octanol–water partition coefficient (Wildman–Crippen LogP) is 2.87. The van der Waals surface area contributed by atoms with Gasteiger partial charge in [-0.3, -0.25) is 0 Å². The van der Waals surface area contributed by atoms with E-state index in [0.717, 1.165) is 31.3 Å². The fourth-order valence-electron chi connectivity index (χ4n) is 3.56. The molecule has 1 atom stereocenters. The molecule has 1 saturated heterocycles. The Morgan fingerprint density at radius 1 is 1.14 bits per heavy atom. The van der Waals surface area contributed by atoms with Crippen LogP contribution >= 0.6 is 0 Å². The molecule has 0 aromatic carbocycles. The van der Waals surface area contributed by atoms with Gasteiger partial charge in [-0.25, -0.2) is 4.98 Å². The van der Waals surface area contributed by atoms with Gasteiger partial charge in [0.1, 0.15) is 12.4 Å². The van der Waals surface area contributed by atoms with Gasteiger partial charge in [-0.15, -0.1) is 0 Å². The average molecular weight is 302 g/mol. The van der Waals surface area contributed by atoms with Crippen molar-refractivity contribution in [3.63, 3.8) is 0 Å². The lowest BCUT2D eigenvalue weighted by molar-refractivity contribution is 0.192. The lowest BCUT2D eigenvalue weighted by Gasteiger charge is -2.17. The second kappa shape index (κ2) is 6.20. The molecule has 0 unspecified atom stereocenters. The van der Waals surface area contributed by atoms with Crippen LogP contribution in [0.25, 0.3) is 0 Å². The number of nitrogens with zero attached hydrogens (tertiary/aromatic N) is 4. The molecule has 2 aromatic heterocycles. The summed E-state index contributed by atoms with van der Waals surface area (Å²) >= 11 is 0. The van der Waals surface area contributed by atoms with Crippen LogP contribution in [0.1, 0.15) is 67.9 Å². The highest BCUT2D eigenvalue weighted by Crippen LogP contribution is 2.31. The second-order valence-electron chi connectivity index (χ2n) is 6.36. The number of hydrogen-bond acceptors (Lipinski definition) is 5. The topological polar surface area (TPSA) is 66.0 Å². The molecule has 1 saturated carbocycles. The minimum absolute atomic E-state index is 0.385. The van der Waals surface area contributed by atoms with Crippen molar-refractivity contribution in [2.45, 2.75) is 56.9 Å². The summed E-state index contributed by atoms with van der Waals surface area (Å²) in [5.74, 6) is 3.50. The van der Waals surface area contributed by atoms with Crippen molar-refractivity contribution in [1.82, 2.24) is 19.7 Å². The highest BCUT2D eigenvalue weighted by molar-refractivity contribution is 5.05. The third-order valence-corrected chi connectivity index (χ3v) is 4.80. The van der Waals surface area contributed by atoms with Crippen LogP contribution < -0.4 is 0 Å². The highest BCUT2D eigenvalue weighted by Gasteiger charge is 2.24. The summed E-state index contributed by atoms with van der Waals surface area (Å²) in [4.78, 5) is 9.10. The maximum Gasteiger partial charge on any atom is 0.246 e. The molecule has 0 spiro atoms. The largest absolute Gasteiger partial charge is 0.381 e. The smallest absolute Gasteiger partial charge is 0.246 e. The van der Waals surface area contributed by atoms with Crippen LogP contribution in [0.4, 0.5) is 0 Å². The van der Waals surface area contributed by atoms with Gasteiger partial charge in [0.15, 0.2) is 5.82 Å². The predicted molar refractivity (Wildman–Crippen MR) is 79.6 cm³/mol. The van der Waals surface area contributed by atoms with E-state index in [4.69, 9.17) is 9.26 Å². The Labute approximate surface area is 129 Å². The third kappa shape index (κ3) is 2.79. The van der Waals surface area contributed by atoms with Crippen molar-refractivity contribution in [2.24, 2.45) is 0 Å². The molecule has 22 heavy (non-hydrogen) atoms. The van der Waals surface area contributed by atoms with E-state index in [0.29, 0.717) is 24.3 Å². The fourth-order valence-corrected chi connectivity index (χ4v) is 3.56. The van der Waals surface area contributed by atoms with Crippen molar-refractivity contribution >= 4 is 0 Å². The Hall–Kier alpha value is -1.69. The molecule has 0 radical (unpaired) electrons. The van der Waals surface area contributed by atoms with E-state index in [9.17, 15) is 0 Å². The summed E-state index contributed by atoms with van der Waals surface area (Å²) in [5.41, 5.74) is 0. The quantitative estimate of drug-likeness (QED) is 0.869. The van der Waals surface area contributed by atoms with Gasteiger partial charge in [0, 0.05) is 30.8 Å². The summed E-state index contributed by atoms with van der Waals surface area (Å²) in [6.45, 7) is 2.18. The number of rotatable bonds is 4. The molecule has 6 heteroatoms. The molecule has 118 valence electrons. The Morgan fingerprint density at radius 3 is 2.86 bits per heavy atom. The van der Waals surface area contributed by atoms with Crippen LogP contribution in [0.2, 0.25) is 0 Å². The third-order valence-electron chi connectivity index (χ3n) is 4.80. The molecule has 1 aliphatic heterocycles. The van der Waals surface area contributed by atoms with E-state index in [1.54, 1.807) is 0 Å². The minimum Gasteiger partial charge on any atom is -0.381 e. The lowest BCUT2D eigenvalue weighted by Crippen LogP contribution is -2.10. The van der Waals surface area contributed by atoms with Gasteiger partial charge in [-0.1, -0.05) is 24.4 Å². The van der Waals surface area contributed by atoms with Crippen LogP contribution in [0.15, 0.2) is 16.9 Å². The Bertz CT molecular complexity index is 609. The number of hydrogen-bond donors (Lipinski definition) is 0. The maximum absolute atomic E-state index is 5.47. The fraction of sp³-hybridized carbons (Fsp3) is 0.688. The van der Waals surface area contributed by atoms with Crippen LogP contribution in [0.5, 0.6) is 0 Å². The summed E-state index contributed by atoms with van der Waals surface area (Å²) in [7, 11) is 0. The van der Waals surface area contributed by atoms with Gasteiger partial charge < -0.3 is 13.8 Å². The second-order valence-corrected chi connectivity index (χ2v) is 6.36. The first-order valence-corrected chi connectivity index (χ1v) is 8.31.